The monoisotopic (exact) mass is 599 g/mol. The number of aromatic nitrogens is 3. The maximum Gasteiger partial charge on any atom is 0.275 e. The number of aliphatic hydroxyl groups is 2. The zero-order valence-electron chi connectivity index (χ0n) is 21.7. The highest BCUT2D eigenvalue weighted by Crippen LogP contribution is 2.42. The van der Waals surface area contributed by atoms with Crippen molar-refractivity contribution in [2.24, 2.45) is 4.99 Å². The van der Waals surface area contributed by atoms with E-state index in [-0.39, 0.29) is 30.9 Å². The smallest absolute Gasteiger partial charge is 0.275 e. The number of hydrogen-bond acceptors (Lipinski definition) is 15. The molecule has 0 aliphatic carbocycles. The number of anilines is 1. The largest absolute Gasteiger partial charge is 0.473 e. The van der Waals surface area contributed by atoms with Crippen molar-refractivity contribution in [2.75, 3.05) is 32.8 Å². The van der Waals surface area contributed by atoms with Crippen LogP contribution in [0.15, 0.2) is 33.2 Å². The van der Waals surface area contributed by atoms with Crippen LogP contribution in [0.25, 0.3) is 10.3 Å². The number of rotatable bonds is 15. The fourth-order valence-corrected chi connectivity index (χ4v) is 7.26. The number of nitrogens with one attached hydrogen (secondary N) is 2. The molecule has 4 N–H and O–H groups in total. The average molecular weight is 600 g/mol. The van der Waals surface area contributed by atoms with E-state index in [1.54, 1.807) is 14.2 Å². The van der Waals surface area contributed by atoms with E-state index in [1.807, 2.05) is 16.7 Å². The molecule has 1 unspecified atom stereocenters. The quantitative estimate of drug-likeness (QED) is 0.132. The summed E-state index contributed by atoms with van der Waals surface area (Å²) in [5.41, 5.74) is 1.91. The molecular weight excluding hydrogens is 567 g/mol. The van der Waals surface area contributed by atoms with Gasteiger partial charge in [0.25, 0.3) is 5.19 Å². The molecule has 0 saturated carbocycles. The summed E-state index contributed by atoms with van der Waals surface area (Å²) in [7, 11) is 6.06. The second-order valence-electron chi connectivity index (χ2n) is 8.51. The summed E-state index contributed by atoms with van der Waals surface area (Å²) in [6, 6.07) is -0.186. The third-order valence-corrected chi connectivity index (χ3v) is 9.70. The van der Waals surface area contributed by atoms with Gasteiger partial charge in [0.15, 0.2) is 11.5 Å². The van der Waals surface area contributed by atoms with Crippen molar-refractivity contribution < 1.29 is 19.7 Å². The predicted octanol–water partition coefficient (Wildman–Crippen LogP) is 4.19. The lowest BCUT2D eigenvalue weighted by Crippen LogP contribution is -2.36. The van der Waals surface area contributed by atoms with Crippen molar-refractivity contribution >= 4 is 66.7 Å². The number of thioether (sulfide) groups is 1. The van der Waals surface area contributed by atoms with E-state index in [1.165, 1.54) is 44.9 Å². The number of aliphatic imine (C=N–C) groups is 1. The van der Waals surface area contributed by atoms with Crippen LogP contribution in [0.5, 0.6) is 5.19 Å². The molecule has 4 rings (SSSR count). The van der Waals surface area contributed by atoms with Gasteiger partial charge in [-0.25, -0.2) is 15.0 Å². The molecule has 0 fully saturated rings. The Bertz CT molecular complexity index is 1190. The Labute approximate surface area is 238 Å². The van der Waals surface area contributed by atoms with Gasteiger partial charge >= 0.3 is 0 Å². The van der Waals surface area contributed by atoms with E-state index in [0.29, 0.717) is 21.8 Å². The third-order valence-electron chi connectivity index (χ3n) is 5.66. The van der Waals surface area contributed by atoms with Gasteiger partial charge < -0.3 is 30.3 Å². The number of allylic oxidation sites excluding steroid dienone is 1. The molecule has 0 amide bonds. The highest BCUT2D eigenvalue weighted by molar-refractivity contribution is 8.75. The molecule has 2 aromatic heterocycles. The van der Waals surface area contributed by atoms with Crippen LogP contribution in [0.2, 0.25) is 0 Å². The van der Waals surface area contributed by atoms with Crippen molar-refractivity contribution in [1.29, 1.82) is 0 Å². The first-order valence-corrected chi connectivity index (χ1v) is 16.1. The lowest BCUT2D eigenvalue weighted by molar-refractivity contribution is 0.182. The van der Waals surface area contributed by atoms with Gasteiger partial charge in [0.1, 0.15) is 10.4 Å². The number of thiazole rings is 1. The molecule has 0 radical (unpaired) electrons. The van der Waals surface area contributed by atoms with Gasteiger partial charge in [-0.1, -0.05) is 49.8 Å². The predicted molar refractivity (Wildman–Crippen MR) is 157 cm³/mol. The summed E-state index contributed by atoms with van der Waals surface area (Å²) < 4.78 is 13.6. The van der Waals surface area contributed by atoms with E-state index in [0.717, 1.165) is 46.7 Å². The fourth-order valence-electron chi connectivity index (χ4n) is 3.86. The van der Waals surface area contributed by atoms with E-state index in [4.69, 9.17) is 14.5 Å². The number of methoxy groups -OCH3 is 2. The van der Waals surface area contributed by atoms with Crippen LogP contribution in [-0.4, -0.2) is 80.3 Å². The molecule has 208 valence electrons. The van der Waals surface area contributed by atoms with Crippen LogP contribution in [0.1, 0.15) is 39.5 Å². The molecule has 0 spiro atoms. The van der Waals surface area contributed by atoms with Crippen molar-refractivity contribution in [1.82, 2.24) is 24.6 Å². The first kappa shape index (κ1) is 29.2. The zero-order valence-corrected chi connectivity index (χ0v) is 25.0. The van der Waals surface area contributed by atoms with Crippen LogP contribution in [-0.2, 0) is 4.74 Å². The number of fused-ring (bicyclic) bond motifs is 2. The summed E-state index contributed by atoms with van der Waals surface area (Å²) in [4.78, 5) is 19.5. The number of hydrogen-bond donors (Lipinski definition) is 4. The number of nitrogens with zero attached hydrogens (tertiary/aromatic N) is 5. The Morgan fingerprint density at radius 3 is 2.45 bits per heavy atom. The van der Waals surface area contributed by atoms with Crippen LogP contribution >= 0.6 is 44.9 Å². The van der Waals surface area contributed by atoms with Gasteiger partial charge in [0.2, 0.25) is 10.7 Å². The van der Waals surface area contributed by atoms with Crippen molar-refractivity contribution in [3.8, 4) is 5.19 Å². The summed E-state index contributed by atoms with van der Waals surface area (Å²) in [6.45, 7) is 4.21. The minimum Gasteiger partial charge on any atom is -0.473 e. The highest BCUT2D eigenvalue weighted by Gasteiger charge is 2.31. The number of ether oxygens (including phenoxy) is 2. The van der Waals surface area contributed by atoms with Crippen LogP contribution < -0.4 is 15.4 Å². The molecule has 2 aliphatic heterocycles. The normalized spacial score (nSPS) is 18.5. The Kier molecular flexibility index (Phi) is 10.8. The minimum atomic E-state index is -0.306. The van der Waals surface area contributed by atoms with E-state index >= 15 is 0 Å². The van der Waals surface area contributed by atoms with Gasteiger partial charge in [-0.05, 0) is 12.8 Å². The summed E-state index contributed by atoms with van der Waals surface area (Å²) in [5.74, 6) is 0.635. The van der Waals surface area contributed by atoms with Gasteiger partial charge in [0, 0.05) is 47.3 Å². The van der Waals surface area contributed by atoms with E-state index in [9.17, 15) is 10.2 Å². The standard InChI is InChI=1S/C23H33N7O4S4/c1-5-7-13(11-31)24-15-9-30(10-16-17(15)26-22(33-3)35-16)38-37-21-27-19(25-14(12-32)8-6-2)18-20(28-21)29-23(34-4)36-18/h9-10,13-14,22,24,31-32H,5-8,11-12H2,1-4H3,(H,25,27,28)/t13-,14-,22?/m1/s1. The van der Waals surface area contributed by atoms with Crippen LogP contribution in [0, 0.1) is 0 Å². The Hall–Kier alpha value is -1.75. The summed E-state index contributed by atoms with van der Waals surface area (Å²) >= 11 is 2.90. The lowest BCUT2D eigenvalue weighted by atomic mass is 10.1. The van der Waals surface area contributed by atoms with Gasteiger partial charge in [-0.2, -0.15) is 4.98 Å². The molecular formula is C23H33N7O4S4. The second kappa shape index (κ2) is 14.1. The maximum absolute atomic E-state index is 9.84. The molecule has 15 heteroatoms. The minimum absolute atomic E-state index is 0.00527. The van der Waals surface area contributed by atoms with Crippen LogP contribution in [0.4, 0.5) is 5.82 Å². The van der Waals surface area contributed by atoms with Crippen molar-refractivity contribution in [3.63, 3.8) is 0 Å². The summed E-state index contributed by atoms with van der Waals surface area (Å²) in [5, 5.41) is 27.5. The molecule has 38 heavy (non-hydrogen) atoms. The molecule has 4 heterocycles. The van der Waals surface area contributed by atoms with Gasteiger partial charge in [0.05, 0.1) is 37.0 Å². The van der Waals surface area contributed by atoms with Gasteiger partial charge in [-0.15, -0.1) is 0 Å². The van der Waals surface area contributed by atoms with Crippen LogP contribution in [0.3, 0.4) is 0 Å². The molecule has 2 aromatic rings. The molecule has 0 saturated heterocycles. The molecule has 11 nitrogen and oxygen atoms in total. The average Bonchev–Trinajstić information content (AvgIpc) is 3.55. The molecule has 0 aromatic carbocycles. The first-order valence-electron chi connectivity index (χ1n) is 12.3. The molecule has 2 aliphatic rings. The van der Waals surface area contributed by atoms with Crippen molar-refractivity contribution in [3.05, 3.63) is 23.0 Å². The first-order chi connectivity index (χ1) is 18.5. The Morgan fingerprint density at radius 2 is 1.79 bits per heavy atom. The summed E-state index contributed by atoms with van der Waals surface area (Å²) in [6.07, 6.45) is 7.52. The van der Waals surface area contributed by atoms with Crippen molar-refractivity contribution in [2.45, 2.75) is 62.3 Å². The van der Waals surface area contributed by atoms with E-state index in [2.05, 4.69) is 39.4 Å². The SMILES string of the molecule is CCC[C@H](CO)NC1=CN(SSc2nc(N[C@@H](CO)CCC)c3sc(OC)nc3n2)C=C2SC(OC)N=C12. The lowest BCUT2D eigenvalue weighted by Gasteiger charge is -2.26. The third kappa shape index (κ3) is 7.06. The topological polar surface area (TPSA) is 137 Å². The Morgan fingerprint density at radius 1 is 1.05 bits per heavy atom. The second-order valence-corrected chi connectivity index (χ2v) is 12.6. The highest BCUT2D eigenvalue weighted by atomic mass is 33.1. The van der Waals surface area contributed by atoms with Gasteiger partial charge in [-0.3, -0.25) is 4.31 Å². The van der Waals surface area contributed by atoms with E-state index < -0.39 is 0 Å². The fraction of sp³-hybridized carbons (Fsp3) is 0.565. The Balaban J connectivity index is 1.57. The molecule has 0 bridgehead atoms. The maximum atomic E-state index is 9.84. The number of aliphatic hydroxyl groups excluding tert-OH is 2. The zero-order chi connectivity index (χ0) is 27.1. The molecule has 3 atom stereocenters.